The molecule has 1 N–H and O–H groups in total. The molecule has 0 saturated carbocycles. The highest BCUT2D eigenvalue weighted by molar-refractivity contribution is 5.86. The van der Waals surface area contributed by atoms with Gasteiger partial charge in [-0.25, -0.2) is 14.7 Å². The summed E-state index contributed by atoms with van der Waals surface area (Å²) in [7, 11) is 0. The van der Waals surface area contributed by atoms with Crippen molar-refractivity contribution in [2.45, 2.75) is 6.92 Å². The van der Waals surface area contributed by atoms with Gasteiger partial charge in [-0.05, 0) is 6.92 Å². The van der Waals surface area contributed by atoms with Crippen LogP contribution in [-0.2, 0) is 14.6 Å². The Hall–Kier alpha value is -1.52. The van der Waals surface area contributed by atoms with Crippen LogP contribution in [0.15, 0.2) is 12.2 Å². The molecule has 0 saturated heterocycles. The minimum absolute atomic E-state index is 0.0142. The van der Waals surface area contributed by atoms with Gasteiger partial charge >= 0.3 is 12.1 Å². The summed E-state index contributed by atoms with van der Waals surface area (Å²) in [6, 6.07) is 0. The van der Waals surface area contributed by atoms with E-state index in [-0.39, 0.29) is 18.7 Å². The number of ether oxygens (including phenoxy) is 1. The lowest BCUT2D eigenvalue weighted by molar-refractivity contribution is -0.138. The minimum Gasteiger partial charge on any atom is -0.460 e. The van der Waals surface area contributed by atoms with Crippen LogP contribution in [0.4, 0.5) is 4.79 Å². The number of carbonyl (C=O) groups is 2. The molecule has 12 heavy (non-hydrogen) atoms. The zero-order chi connectivity index (χ0) is 9.56. The second-order valence-electron chi connectivity index (χ2n) is 2.13. The monoisotopic (exact) mass is 172 g/mol. The first kappa shape index (κ1) is 10.5. The third kappa shape index (κ3) is 5.28. The third-order valence-corrected chi connectivity index (χ3v) is 0.953. The number of hydrogen-bond donors (Lipinski definition) is 1. The molecular weight excluding hydrogens is 162 g/mol. The summed E-state index contributed by atoms with van der Waals surface area (Å²) in [5, 5.41) is 11.7. The van der Waals surface area contributed by atoms with Crippen LogP contribution in [0.1, 0.15) is 6.92 Å². The number of carbonyl (C=O) groups excluding carboxylic acids is 2. The van der Waals surface area contributed by atoms with Gasteiger partial charge in [-0.2, -0.15) is 0 Å². The van der Waals surface area contributed by atoms with Gasteiger partial charge in [0.05, 0.1) is 6.54 Å². The molecule has 0 rings (SSSR count). The molecule has 0 aliphatic rings. The van der Waals surface area contributed by atoms with E-state index in [0.29, 0.717) is 0 Å². The van der Waals surface area contributed by atoms with Crippen molar-refractivity contribution in [3.63, 3.8) is 0 Å². The summed E-state index contributed by atoms with van der Waals surface area (Å²) >= 11 is 0. The van der Waals surface area contributed by atoms with Gasteiger partial charge < -0.3 is 10.1 Å². The van der Waals surface area contributed by atoms with Crippen molar-refractivity contribution in [3.8, 4) is 0 Å². The van der Waals surface area contributed by atoms with Gasteiger partial charge in [0, 0.05) is 5.57 Å². The maximum atomic E-state index is 10.7. The van der Waals surface area contributed by atoms with Crippen molar-refractivity contribution in [2.75, 3.05) is 13.2 Å². The van der Waals surface area contributed by atoms with Gasteiger partial charge in [0.1, 0.15) is 6.61 Å². The average molecular weight is 172 g/mol. The molecule has 0 aromatic carbocycles. The van der Waals surface area contributed by atoms with E-state index >= 15 is 0 Å². The first-order valence-corrected chi connectivity index (χ1v) is 3.31. The van der Waals surface area contributed by atoms with Gasteiger partial charge in [-0.1, -0.05) is 6.58 Å². The predicted octanol–water partition coefficient (Wildman–Crippen LogP) is 0.246. The second-order valence-corrected chi connectivity index (χ2v) is 2.13. The van der Waals surface area contributed by atoms with Crippen LogP contribution in [0.2, 0.25) is 0 Å². The van der Waals surface area contributed by atoms with Gasteiger partial charge in [-0.15, -0.1) is 0 Å². The number of hydrogen-bond acceptors (Lipinski definition) is 3. The largest absolute Gasteiger partial charge is 0.460 e. The van der Waals surface area contributed by atoms with Crippen LogP contribution in [-0.4, -0.2) is 25.2 Å². The fraction of sp³-hybridized carbons (Fsp3) is 0.429. The summed E-state index contributed by atoms with van der Waals surface area (Å²) in [6.45, 7) is 4.87. The molecule has 0 bridgehead atoms. The lowest BCUT2D eigenvalue weighted by Crippen LogP contribution is -2.25. The highest BCUT2D eigenvalue weighted by Gasteiger charge is 2.02. The Labute approximate surface area is 70.0 Å². The van der Waals surface area contributed by atoms with Crippen molar-refractivity contribution in [1.29, 1.82) is 0 Å². The highest BCUT2D eigenvalue weighted by Crippen LogP contribution is 1.90. The van der Waals surface area contributed by atoms with E-state index in [9.17, 15) is 14.7 Å². The van der Waals surface area contributed by atoms with Crippen molar-refractivity contribution >= 4 is 12.1 Å². The molecule has 0 atom stereocenters. The predicted molar refractivity (Wildman–Crippen MR) is 39.9 cm³/mol. The minimum atomic E-state index is -1.39. The molecule has 0 unspecified atom stereocenters. The van der Waals surface area contributed by atoms with Gasteiger partial charge in [0.25, 0.3) is 0 Å². The normalized spacial score (nSPS) is 8.75. The van der Waals surface area contributed by atoms with E-state index in [1.54, 1.807) is 0 Å². The van der Waals surface area contributed by atoms with Crippen molar-refractivity contribution in [2.24, 2.45) is 0 Å². The van der Waals surface area contributed by atoms with Crippen molar-refractivity contribution < 1.29 is 19.4 Å². The molecule has 1 amide bonds. The smallest absolute Gasteiger partial charge is 0.450 e. The Kier molecular flexibility index (Phi) is 4.52. The summed E-state index contributed by atoms with van der Waals surface area (Å²) in [5.41, 5.74) is 0.281. The van der Waals surface area contributed by atoms with E-state index in [1.807, 2.05) is 5.32 Å². The van der Waals surface area contributed by atoms with Crippen LogP contribution in [0.3, 0.4) is 0 Å². The maximum absolute atomic E-state index is 10.7. The quantitative estimate of drug-likeness (QED) is 0.375. The molecule has 0 aromatic heterocycles. The van der Waals surface area contributed by atoms with Crippen LogP contribution >= 0.6 is 0 Å². The van der Waals surface area contributed by atoms with Crippen LogP contribution in [0.5, 0.6) is 0 Å². The van der Waals surface area contributed by atoms with E-state index in [1.165, 1.54) is 6.92 Å². The van der Waals surface area contributed by atoms with E-state index < -0.39 is 12.1 Å². The SMILES string of the molecule is C=C(C)C(=O)OCCNC([O])=O. The molecule has 5 heteroatoms. The summed E-state index contributed by atoms with van der Waals surface area (Å²) < 4.78 is 4.56. The standard InChI is InChI=1S/C7H10NO4/c1-5(2)6(9)12-4-3-8-7(10)11/h8H,1,3-4H2,2H3. The molecule has 0 fully saturated rings. The van der Waals surface area contributed by atoms with Crippen LogP contribution in [0, 0.1) is 0 Å². The Balaban J connectivity index is 3.38. The molecule has 5 nitrogen and oxygen atoms in total. The number of esters is 1. The molecule has 1 radical (unpaired) electrons. The molecular formula is C7H10NO4. The molecule has 0 spiro atoms. The van der Waals surface area contributed by atoms with E-state index in [0.717, 1.165) is 0 Å². The zero-order valence-corrected chi connectivity index (χ0v) is 6.75. The summed E-state index contributed by atoms with van der Waals surface area (Å²) in [5.74, 6) is -0.532. The Morgan fingerprint density at radius 1 is 1.50 bits per heavy atom. The Morgan fingerprint density at radius 2 is 2.08 bits per heavy atom. The number of amides is 1. The van der Waals surface area contributed by atoms with Crippen molar-refractivity contribution in [3.05, 3.63) is 12.2 Å². The zero-order valence-electron chi connectivity index (χ0n) is 6.75. The summed E-state index contributed by atoms with van der Waals surface area (Å²) in [6.07, 6.45) is -1.39. The maximum Gasteiger partial charge on any atom is 0.450 e. The van der Waals surface area contributed by atoms with Crippen LogP contribution < -0.4 is 5.32 Å². The summed E-state index contributed by atoms with van der Waals surface area (Å²) in [4.78, 5) is 20.5. The van der Waals surface area contributed by atoms with E-state index in [4.69, 9.17) is 0 Å². The number of rotatable bonds is 4. The van der Waals surface area contributed by atoms with Gasteiger partial charge in [0.15, 0.2) is 0 Å². The Bertz CT molecular complexity index is 200. The third-order valence-electron chi connectivity index (χ3n) is 0.953. The molecule has 0 heterocycles. The van der Waals surface area contributed by atoms with Crippen molar-refractivity contribution in [1.82, 2.24) is 5.32 Å². The second kappa shape index (κ2) is 5.17. The number of nitrogens with one attached hydrogen (secondary N) is 1. The molecule has 0 aliphatic carbocycles. The topological polar surface area (TPSA) is 75.3 Å². The van der Waals surface area contributed by atoms with Gasteiger partial charge in [-0.3, -0.25) is 0 Å². The lowest BCUT2D eigenvalue weighted by Gasteiger charge is -2.02. The van der Waals surface area contributed by atoms with Crippen LogP contribution in [0.25, 0.3) is 0 Å². The average Bonchev–Trinajstić information content (AvgIpc) is 1.97. The molecule has 0 aromatic rings. The molecule has 0 aliphatic heterocycles. The molecule has 67 valence electrons. The van der Waals surface area contributed by atoms with Gasteiger partial charge in [0.2, 0.25) is 0 Å². The fourth-order valence-corrected chi connectivity index (χ4v) is 0.420. The highest BCUT2D eigenvalue weighted by atomic mass is 16.5. The first-order chi connectivity index (χ1) is 5.54. The lowest BCUT2D eigenvalue weighted by atomic mass is 10.4. The fourth-order valence-electron chi connectivity index (χ4n) is 0.420. The van der Waals surface area contributed by atoms with E-state index in [2.05, 4.69) is 11.3 Å². The Morgan fingerprint density at radius 3 is 2.50 bits per heavy atom. The first-order valence-electron chi connectivity index (χ1n) is 3.31.